The van der Waals surface area contributed by atoms with Crippen LogP contribution in [0.4, 0.5) is 17.6 Å². The number of nitrogens with one attached hydrogen (secondary N) is 5. The summed E-state index contributed by atoms with van der Waals surface area (Å²) >= 11 is 5.71. The van der Waals surface area contributed by atoms with Gasteiger partial charge in [0.15, 0.2) is 0 Å². The summed E-state index contributed by atoms with van der Waals surface area (Å²) in [7, 11) is 0. The van der Waals surface area contributed by atoms with Gasteiger partial charge in [0.05, 0.1) is 28.5 Å². The number of H-pyrrole nitrogens is 1. The highest BCUT2D eigenvalue weighted by molar-refractivity contribution is 7.80. The van der Waals surface area contributed by atoms with E-state index >= 15 is 0 Å². The molecule has 0 spiro atoms. The molecule has 0 saturated heterocycles. The summed E-state index contributed by atoms with van der Waals surface area (Å²) in [6.45, 7) is 8.01. The van der Waals surface area contributed by atoms with Crippen molar-refractivity contribution in [2.24, 2.45) is 11.8 Å². The number of thiocarbonyl (C=S) groups is 1. The number of aromatic nitrogens is 1. The number of rotatable bonds is 16. The van der Waals surface area contributed by atoms with Crippen molar-refractivity contribution < 1.29 is 37.1 Å². The van der Waals surface area contributed by atoms with Crippen molar-refractivity contribution in [1.82, 2.24) is 26.3 Å². The standard InChI is InChI=1S/C38H49F4N5O4S/c1-5-22(3)31(45-30(49)20-24-12-7-8-15-28(24)39)34(50)47-37(36(51)46-32(23(4)6-2)35(52)43-18-9-10-19-48)17-16-29-26(21-37)25-13-11-14-27(33(25)44-29)38(40,41)42/h7-8,11-15,22-23,31-32,44,48H,5-6,9-10,16-21H2,1-4H3,(H,43,52)(H,45,49)(H,46,51)(H,47,50)/t22?,23?,31-,32-,37+/m0/s1. The van der Waals surface area contributed by atoms with Crippen LogP contribution in [0.1, 0.15) is 82.2 Å². The Hall–Kier alpha value is -4.04. The molecule has 9 nitrogen and oxygen atoms in total. The first-order valence-electron chi connectivity index (χ1n) is 17.9. The predicted octanol–water partition coefficient (Wildman–Crippen LogP) is 5.66. The molecule has 284 valence electrons. The number of amides is 3. The van der Waals surface area contributed by atoms with Gasteiger partial charge in [0.1, 0.15) is 17.4 Å². The highest BCUT2D eigenvalue weighted by Crippen LogP contribution is 2.40. The van der Waals surface area contributed by atoms with Gasteiger partial charge in [-0.15, -0.1) is 0 Å². The molecule has 0 fully saturated rings. The maximum absolute atomic E-state index is 14.7. The Morgan fingerprint density at radius 3 is 2.33 bits per heavy atom. The Morgan fingerprint density at radius 2 is 1.67 bits per heavy atom. The van der Waals surface area contributed by atoms with E-state index in [1.54, 1.807) is 19.1 Å². The summed E-state index contributed by atoms with van der Waals surface area (Å²) in [6, 6.07) is 7.98. The summed E-state index contributed by atoms with van der Waals surface area (Å²) in [5.41, 5.74) is -1.37. The number of aromatic amines is 1. The quantitative estimate of drug-likeness (QED) is 0.0637. The normalized spacial score (nSPS) is 18.1. The smallest absolute Gasteiger partial charge is 0.396 e. The molecule has 2 aromatic carbocycles. The first-order valence-corrected chi connectivity index (χ1v) is 18.3. The fourth-order valence-electron chi connectivity index (χ4n) is 6.66. The second-order valence-electron chi connectivity index (χ2n) is 13.8. The van der Waals surface area contributed by atoms with Gasteiger partial charge in [0.2, 0.25) is 17.7 Å². The monoisotopic (exact) mass is 747 g/mol. The molecule has 1 aliphatic carbocycles. The van der Waals surface area contributed by atoms with Crippen molar-refractivity contribution in [3.63, 3.8) is 0 Å². The minimum absolute atomic E-state index is 0.0315. The predicted molar refractivity (Wildman–Crippen MR) is 196 cm³/mol. The summed E-state index contributed by atoms with van der Waals surface area (Å²) in [6.07, 6.45) is -2.49. The lowest BCUT2D eigenvalue weighted by Crippen LogP contribution is -2.67. The highest BCUT2D eigenvalue weighted by Gasteiger charge is 2.47. The van der Waals surface area contributed by atoms with Crippen LogP contribution in [0.25, 0.3) is 10.9 Å². The molecule has 0 radical (unpaired) electrons. The van der Waals surface area contributed by atoms with E-state index in [-0.39, 0.29) is 49.3 Å². The van der Waals surface area contributed by atoms with Gasteiger partial charge in [-0.1, -0.05) is 83.1 Å². The molecule has 1 aromatic heterocycles. The molecule has 1 heterocycles. The van der Waals surface area contributed by atoms with E-state index in [2.05, 4.69) is 26.3 Å². The third kappa shape index (κ3) is 9.49. The largest absolute Gasteiger partial charge is 0.418 e. The number of carbonyl (C=O) groups is 3. The van der Waals surface area contributed by atoms with Gasteiger partial charge in [-0.05, 0) is 60.8 Å². The number of unbranched alkanes of at least 4 members (excludes halogenated alkanes) is 1. The van der Waals surface area contributed by atoms with Crippen molar-refractivity contribution in [3.8, 4) is 0 Å². The van der Waals surface area contributed by atoms with Crippen LogP contribution < -0.4 is 21.3 Å². The molecule has 52 heavy (non-hydrogen) atoms. The van der Waals surface area contributed by atoms with E-state index < -0.39 is 58.8 Å². The number of halogens is 4. The molecule has 0 aliphatic heterocycles. The fourth-order valence-corrected chi connectivity index (χ4v) is 7.05. The minimum atomic E-state index is -4.62. The van der Waals surface area contributed by atoms with Gasteiger partial charge >= 0.3 is 6.18 Å². The van der Waals surface area contributed by atoms with Gasteiger partial charge in [-0.25, -0.2) is 4.39 Å². The number of aryl methyl sites for hydroxylation is 1. The number of hydrogen-bond donors (Lipinski definition) is 6. The Balaban J connectivity index is 1.72. The fraction of sp³-hybridized carbons (Fsp3) is 0.526. The Bertz CT molecular complexity index is 1750. The van der Waals surface area contributed by atoms with Crippen molar-refractivity contribution in [3.05, 3.63) is 70.7 Å². The SMILES string of the molecule is CCC(C)[C@H](NC(=O)Cc1ccccc1F)C(=O)N[C@]1(C(=O)N[C@H](C(=S)NCCCCO)C(C)CC)CCc2[nH]c3c(C(F)(F)F)cccc3c2C1. The third-order valence-electron chi connectivity index (χ3n) is 10.2. The third-order valence-corrected chi connectivity index (χ3v) is 10.6. The van der Waals surface area contributed by atoms with Gasteiger partial charge in [0.25, 0.3) is 0 Å². The molecule has 3 amide bonds. The number of alkyl halides is 3. The molecule has 4 rings (SSSR count). The topological polar surface area (TPSA) is 135 Å². The summed E-state index contributed by atoms with van der Waals surface area (Å²) in [5.74, 6) is -2.86. The zero-order valence-corrected chi connectivity index (χ0v) is 30.8. The zero-order chi connectivity index (χ0) is 38.2. The molecule has 2 unspecified atom stereocenters. The molecule has 0 bridgehead atoms. The van der Waals surface area contributed by atoms with Crippen LogP contribution in [0, 0.1) is 17.7 Å². The van der Waals surface area contributed by atoms with Crippen LogP contribution in [0.5, 0.6) is 0 Å². The molecular formula is C38H49F4N5O4S. The average molecular weight is 748 g/mol. The maximum Gasteiger partial charge on any atom is 0.418 e. The molecule has 1 aliphatic rings. The Labute approximate surface area is 307 Å². The summed E-state index contributed by atoms with van der Waals surface area (Å²) in [5, 5.41) is 21.4. The molecule has 3 aromatic rings. The van der Waals surface area contributed by atoms with E-state index in [1.165, 1.54) is 24.3 Å². The van der Waals surface area contributed by atoms with Crippen LogP contribution in [0.3, 0.4) is 0 Å². The number of benzene rings is 2. The van der Waals surface area contributed by atoms with E-state index in [1.807, 2.05) is 20.8 Å². The van der Waals surface area contributed by atoms with Gasteiger partial charge in [-0.2, -0.15) is 13.2 Å². The van der Waals surface area contributed by atoms with Gasteiger partial charge < -0.3 is 31.4 Å². The Morgan fingerprint density at radius 1 is 0.981 bits per heavy atom. The number of aliphatic hydroxyl groups excluding tert-OH is 1. The summed E-state index contributed by atoms with van der Waals surface area (Å²) in [4.78, 5) is 45.5. The van der Waals surface area contributed by atoms with Crippen LogP contribution in [-0.4, -0.2) is 63.6 Å². The molecule has 6 N–H and O–H groups in total. The van der Waals surface area contributed by atoms with Crippen molar-refractivity contribution in [2.45, 2.75) is 103 Å². The minimum Gasteiger partial charge on any atom is -0.396 e. The number of fused-ring (bicyclic) bond motifs is 3. The number of carbonyl (C=O) groups excluding carboxylic acids is 3. The Kier molecular flexibility index (Phi) is 13.8. The zero-order valence-electron chi connectivity index (χ0n) is 30.0. The molecule has 14 heteroatoms. The lowest BCUT2D eigenvalue weighted by molar-refractivity contribution is -0.137. The van der Waals surface area contributed by atoms with E-state index in [0.717, 1.165) is 6.07 Å². The van der Waals surface area contributed by atoms with E-state index in [4.69, 9.17) is 12.2 Å². The number of hydrogen-bond acceptors (Lipinski definition) is 5. The van der Waals surface area contributed by atoms with Crippen molar-refractivity contribution >= 4 is 45.8 Å². The van der Waals surface area contributed by atoms with Gasteiger partial charge in [-0.3, -0.25) is 14.4 Å². The van der Waals surface area contributed by atoms with E-state index in [9.17, 15) is 37.1 Å². The second-order valence-corrected chi connectivity index (χ2v) is 14.3. The van der Waals surface area contributed by atoms with Crippen LogP contribution >= 0.6 is 12.2 Å². The first kappa shape index (κ1) is 40.7. The lowest BCUT2D eigenvalue weighted by Gasteiger charge is -2.40. The second kappa shape index (κ2) is 17.7. The van der Waals surface area contributed by atoms with E-state index in [0.29, 0.717) is 53.9 Å². The molecule has 0 saturated carbocycles. The molecule has 5 atom stereocenters. The number of para-hydroxylation sites is 1. The lowest BCUT2D eigenvalue weighted by atomic mass is 9.78. The van der Waals surface area contributed by atoms with Crippen LogP contribution in [0.2, 0.25) is 0 Å². The average Bonchev–Trinajstić information content (AvgIpc) is 3.48. The molecular weight excluding hydrogens is 699 g/mol. The van der Waals surface area contributed by atoms with Crippen LogP contribution in [-0.2, 0) is 39.8 Å². The number of aliphatic hydroxyl groups is 1. The van der Waals surface area contributed by atoms with Gasteiger partial charge in [0, 0.05) is 30.7 Å². The van der Waals surface area contributed by atoms with Crippen LogP contribution in [0.15, 0.2) is 42.5 Å². The summed E-state index contributed by atoms with van der Waals surface area (Å²) < 4.78 is 56.5. The first-order chi connectivity index (χ1) is 24.6. The van der Waals surface area contributed by atoms with Crippen molar-refractivity contribution in [2.75, 3.05) is 13.2 Å². The highest BCUT2D eigenvalue weighted by atomic mass is 32.1. The van der Waals surface area contributed by atoms with Crippen molar-refractivity contribution in [1.29, 1.82) is 0 Å². The maximum atomic E-state index is 14.7.